The molecule has 9 nitrogen and oxygen atoms in total. The molecule has 2 amide bonds. The minimum Gasteiger partial charge on any atom is -0.480 e. The molecule has 0 aliphatic carbocycles. The number of likely N-dealkylation sites (tertiary alicyclic amines) is 1. The smallest absolute Gasteiger partial charge is 0.326 e. The highest BCUT2D eigenvalue weighted by Gasteiger charge is 2.34. The molecule has 0 bridgehead atoms. The van der Waals surface area contributed by atoms with Crippen LogP contribution in [0.4, 0.5) is 0 Å². The van der Waals surface area contributed by atoms with Crippen LogP contribution in [-0.4, -0.2) is 61.4 Å². The van der Waals surface area contributed by atoms with Gasteiger partial charge in [-0.15, -0.1) is 0 Å². The summed E-state index contributed by atoms with van der Waals surface area (Å²) >= 11 is 0. The second-order valence-corrected chi connectivity index (χ2v) is 11.9. The fraction of sp³-hybridized carbons (Fsp3) is 0.483. The molecule has 0 spiro atoms. The number of sulfonamides is 1. The third-order valence-electron chi connectivity index (χ3n) is 7.10. The van der Waals surface area contributed by atoms with Gasteiger partial charge in [-0.05, 0) is 50.3 Å². The first-order chi connectivity index (χ1) is 18.6. The summed E-state index contributed by atoms with van der Waals surface area (Å²) in [5.41, 5.74) is 1.74. The number of aryl methyl sites for hydroxylation is 1. The lowest BCUT2D eigenvalue weighted by molar-refractivity contribution is -0.143. The summed E-state index contributed by atoms with van der Waals surface area (Å²) in [5.74, 6) is -2.11. The maximum atomic E-state index is 13.6. The van der Waals surface area contributed by atoms with Crippen molar-refractivity contribution in [3.05, 3.63) is 65.7 Å². The maximum Gasteiger partial charge on any atom is 0.326 e. The van der Waals surface area contributed by atoms with Crippen LogP contribution in [0, 0.1) is 12.8 Å². The lowest BCUT2D eigenvalue weighted by Gasteiger charge is -2.34. The van der Waals surface area contributed by atoms with E-state index in [4.69, 9.17) is 0 Å². The summed E-state index contributed by atoms with van der Waals surface area (Å²) < 4.78 is 28.9. The first-order valence-corrected chi connectivity index (χ1v) is 15.0. The fourth-order valence-corrected chi connectivity index (χ4v) is 5.92. The van der Waals surface area contributed by atoms with Crippen LogP contribution in [0.3, 0.4) is 0 Å². The van der Waals surface area contributed by atoms with Gasteiger partial charge in [-0.3, -0.25) is 9.59 Å². The Bertz CT molecular complexity index is 1210. The predicted molar refractivity (Wildman–Crippen MR) is 148 cm³/mol. The van der Waals surface area contributed by atoms with Crippen molar-refractivity contribution in [1.29, 1.82) is 0 Å². The van der Waals surface area contributed by atoms with Gasteiger partial charge in [0.2, 0.25) is 21.8 Å². The molecule has 212 valence electrons. The van der Waals surface area contributed by atoms with Crippen molar-refractivity contribution in [3.63, 3.8) is 0 Å². The van der Waals surface area contributed by atoms with Crippen molar-refractivity contribution in [1.82, 2.24) is 14.9 Å². The normalized spacial score (nSPS) is 15.9. The van der Waals surface area contributed by atoms with Crippen LogP contribution >= 0.6 is 0 Å². The number of nitrogens with zero attached hydrogens (tertiary/aromatic N) is 1. The third-order valence-corrected chi connectivity index (χ3v) is 8.59. The van der Waals surface area contributed by atoms with Gasteiger partial charge in [0, 0.05) is 19.0 Å². The summed E-state index contributed by atoms with van der Waals surface area (Å²) in [6.45, 7) is 4.45. The lowest BCUT2D eigenvalue weighted by atomic mass is 9.94. The lowest BCUT2D eigenvalue weighted by Crippen LogP contribution is -2.53. The molecule has 2 unspecified atom stereocenters. The Kier molecular flexibility index (Phi) is 11.1. The number of carboxylic acid groups (broad SMARTS) is 1. The topological polar surface area (TPSA) is 133 Å². The van der Waals surface area contributed by atoms with Gasteiger partial charge in [0.05, 0.1) is 4.90 Å². The van der Waals surface area contributed by atoms with Crippen LogP contribution in [0.1, 0.15) is 56.6 Å². The standard InChI is InChI=1S/C29H39N3O6S/c1-3-4-6-11-25(29(35)36)30-27(33)23-16-18-32(19-17-23)28(34)26(20-22-9-7-5-8-10-22)31-39(37,38)24-14-12-21(2)13-15-24/h5,7-10,12-15,23,25-26,31H,3-4,6,11,16-20H2,1-2H3,(H,30,33)(H,35,36). The number of piperidine rings is 1. The van der Waals surface area contributed by atoms with E-state index >= 15 is 0 Å². The summed E-state index contributed by atoms with van der Waals surface area (Å²) in [4.78, 5) is 39.6. The average molecular weight is 558 g/mol. The number of carbonyl (C=O) groups is 3. The summed E-state index contributed by atoms with van der Waals surface area (Å²) in [5, 5.41) is 12.1. The average Bonchev–Trinajstić information content (AvgIpc) is 2.92. The second-order valence-electron chi connectivity index (χ2n) is 10.2. The van der Waals surface area contributed by atoms with Gasteiger partial charge in [0.1, 0.15) is 12.1 Å². The highest BCUT2D eigenvalue weighted by atomic mass is 32.2. The number of aliphatic carboxylic acids is 1. The van der Waals surface area contributed by atoms with Gasteiger partial charge in [0.15, 0.2) is 0 Å². The van der Waals surface area contributed by atoms with E-state index in [9.17, 15) is 27.9 Å². The zero-order valence-electron chi connectivity index (χ0n) is 22.6. The van der Waals surface area contributed by atoms with Crippen molar-refractivity contribution >= 4 is 27.8 Å². The van der Waals surface area contributed by atoms with Crippen molar-refractivity contribution in [2.75, 3.05) is 13.1 Å². The van der Waals surface area contributed by atoms with Crippen LogP contribution in [0.2, 0.25) is 0 Å². The number of carboxylic acids is 1. The number of amides is 2. The van der Waals surface area contributed by atoms with E-state index in [1.165, 1.54) is 12.1 Å². The largest absolute Gasteiger partial charge is 0.480 e. The van der Waals surface area contributed by atoms with Gasteiger partial charge in [0.25, 0.3) is 0 Å². The van der Waals surface area contributed by atoms with Gasteiger partial charge in [-0.25, -0.2) is 13.2 Å². The third kappa shape index (κ3) is 8.90. The molecule has 0 saturated carbocycles. The van der Waals surface area contributed by atoms with Crippen molar-refractivity contribution in [2.45, 2.75) is 75.8 Å². The molecule has 0 radical (unpaired) electrons. The van der Waals surface area contributed by atoms with E-state index in [-0.39, 0.29) is 36.2 Å². The highest BCUT2D eigenvalue weighted by Crippen LogP contribution is 2.21. The molecular formula is C29H39N3O6S. The number of unbranched alkanes of at least 4 members (excludes halogenated alkanes) is 2. The van der Waals surface area contributed by atoms with Crippen LogP contribution in [0.25, 0.3) is 0 Å². The zero-order valence-corrected chi connectivity index (χ0v) is 23.5. The minimum absolute atomic E-state index is 0.0845. The van der Waals surface area contributed by atoms with Crippen molar-refractivity contribution < 1.29 is 27.9 Å². The van der Waals surface area contributed by atoms with E-state index in [0.717, 1.165) is 30.4 Å². The Balaban J connectivity index is 1.66. The molecule has 1 heterocycles. The molecule has 3 rings (SSSR count). The molecule has 10 heteroatoms. The Morgan fingerprint density at radius 2 is 1.62 bits per heavy atom. The Morgan fingerprint density at radius 3 is 2.21 bits per heavy atom. The molecule has 39 heavy (non-hydrogen) atoms. The van der Waals surface area contributed by atoms with Crippen LogP contribution in [0.15, 0.2) is 59.5 Å². The molecule has 2 aromatic rings. The van der Waals surface area contributed by atoms with Gasteiger partial charge < -0.3 is 15.3 Å². The molecule has 1 saturated heterocycles. The van der Waals surface area contributed by atoms with E-state index in [0.29, 0.717) is 19.3 Å². The van der Waals surface area contributed by atoms with E-state index in [1.807, 2.05) is 44.2 Å². The number of hydrogen-bond acceptors (Lipinski definition) is 5. The number of rotatable bonds is 13. The van der Waals surface area contributed by atoms with E-state index in [1.54, 1.807) is 17.0 Å². The Labute approximate surface area is 231 Å². The molecule has 1 fully saturated rings. The summed E-state index contributed by atoms with van der Waals surface area (Å²) in [7, 11) is -3.95. The molecule has 2 atom stereocenters. The molecular weight excluding hydrogens is 518 g/mol. The first-order valence-electron chi connectivity index (χ1n) is 13.6. The monoisotopic (exact) mass is 557 g/mol. The SMILES string of the molecule is CCCCCC(NC(=O)C1CCN(C(=O)C(Cc2ccccc2)NS(=O)(=O)c2ccc(C)cc2)CC1)C(=O)O. The van der Waals surface area contributed by atoms with Crippen molar-refractivity contribution in [2.24, 2.45) is 5.92 Å². The fourth-order valence-electron chi connectivity index (χ4n) is 4.73. The minimum atomic E-state index is -3.95. The summed E-state index contributed by atoms with van der Waals surface area (Å²) in [6, 6.07) is 13.7. The first kappa shape index (κ1) is 30.3. The van der Waals surface area contributed by atoms with Crippen LogP contribution < -0.4 is 10.0 Å². The van der Waals surface area contributed by atoms with E-state index in [2.05, 4.69) is 10.0 Å². The highest BCUT2D eigenvalue weighted by molar-refractivity contribution is 7.89. The van der Waals surface area contributed by atoms with Gasteiger partial charge >= 0.3 is 5.97 Å². The van der Waals surface area contributed by atoms with Gasteiger partial charge in [-0.1, -0.05) is 74.2 Å². The molecule has 3 N–H and O–H groups in total. The zero-order chi connectivity index (χ0) is 28.4. The molecule has 2 aromatic carbocycles. The Hall–Kier alpha value is -3.24. The van der Waals surface area contributed by atoms with Crippen molar-refractivity contribution in [3.8, 4) is 0 Å². The Morgan fingerprint density at radius 1 is 0.974 bits per heavy atom. The predicted octanol–water partition coefficient (Wildman–Crippen LogP) is 3.27. The van der Waals surface area contributed by atoms with Crippen LogP contribution in [0.5, 0.6) is 0 Å². The van der Waals surface area contributed by atoms with Crippen LogP contribution in [-0.2, 0) is 30.8 Å². The molecule has 1 aliphatic heterocycles. The number of nitrogens with one attached hydrogen (secondary N) is 2. The number of hydrogen-bond donors (Lipinski definition) is 3. The number of carbonyl (C=O) groups excluding carboxylic acids is 2. The molecule has 1 aliphatic rings. The van der Waals surface area contributed by atoms with E-state index < -0.39 is 34.0 Å². The molecule has 0 aromatic heterocycles. The summed E-state index contributed by atoms with van der Waals surface area (Å²) in [6.07, 6.45) is 3.90. The van der Waals surface area contributed by atoms with Gasteiger partial charge in [-0.2, -0.15) is 4.72 Å². The quantitative estimate of drug-likeness (QED) is 0.324. The number of benzene rings is 2. The maximum absolute atomic E-state index is 13.6. The second kappa shape index (κ2) is 14.2.